The number of imidazole rings is 1. The van der Waals surface area contributed by atoms with Gasteiger partial charge in [-0.2, -0.15) is 0 Å². The molecule has 0 spiro atoms. The number of fused-ring (bicyclic) bond motifs is 2. The molecule has 0 unspecified atom stereocenters. The first-order valence-corrected chi connectivity index (χ1v) is 11.0. The van der Waals surface area contributed by atoms with Gasteiger partial charge < -0.3 is 4.74 Å². The predicted octanol–water partition coefficient (Wildman–Crippen LogP) is 6.32. The van der Waals surface area contributed by atoms with E-state index in [1.807, 2.05) is 103 Å². The highest BCUT2D eigenvalue weighted by Crippen LogP contribution is 2.42. The number of aromatic nitrogens is 5. The maximum Gasteiger partial charge on any atom is 0.200 e. The lowest BCUT2D eigenvalue weighted by atomic mass is 10.2. The highest BCUT2D eigenvalue weighted by molar-refractivity contribution is 5.90. The van der Waals surface area contributed by atoms with E-state index < -0.39 is 0 Å². The van der Waals surface area contributed by atoms with Crippen LogP contribution in [0, 0.1) is 0 Å². The van der Waals surface area contributed by atoms with Crippen molar-refractivity contribution in [3.8, 4) is 51.6 Å². The molecule has 6 nitrogen and oxygen atoms in total. The number of nitrogens with zero attached hydrogens (tertiary/aromatic N) is 5. The summed E-state index contributed by atoms with van der Waals surface area (Å²) in [5.74, 6) is 3.88. The van der Waals surface area contributed by atoms with Gasteiger partial charge in [-0.15, -0.1) is 0 Å². The maximum absolute atomic E-state index is 6.17. The summed E-state index contributed by atoms with van der Waals surface area (Å²) in [5, 5.41) is 0. The average molecular weight is 439 g/mol. The number of hydrogen-bond acceptors (Lipinski definition) is 5. The van der Waals surface area contributed by atoms with Crippen molar-refractivity contribution in [1.82, 2.24) is 24.5 Å². The Morgan fingerprint density at radius 2 is 1.09 bits per heavy atom. The van der Waals surface area contributed by atoms with Crippen LogP contribution in [0.25, 0.3) is 51.1 Å². The molecule has 0 amide bonds. The fraction of sp³-hybridized carbons (Fsp3) is 0. The molecule has 6 heteroatoms. The molecule has 160 valence electrons. The Balaban J connectivity index is 1.54. The standard InChI is InChI=1S/C28H17N5O/c1-3-10-18(11-4-1)25-30-26(19-12-5-2-6-13-19)32-27(31-25)28-29-20-14-9-17-23-24(20)33(28)21-15-7-8-16-22(21)34-23/h1-17H. The lowest BCUT2D eigenvalue weighted by Crippen LogP contribution is -2.08. The lowest BCUT2D eigenvalue weighted by Gasteiger charge is -2.20. The van der Waals surface area contributed by atoms with Crippen LogP contribution in [0.15, 0.2) is 103 Å². The summed E-state index contributed by atoms with van der Waals surface area (Å²) in [6.45, 7) is 0. The first-order valence-electron chi connectivity index (χ1n) is 11.0. The second kappa shape index (κ2) is 7.35. The maximum atomic E-state index is 6.17. The first-order chi connectivity index (χ1) is 16.8. The van der Waals surface area contributed by atoms with Crippen LogP contribution in [-0.2, 0) is 0 Å². The van der Waals surface area contributed by atoms with E-state index in [0.717, 1.165) is 39.3 Å². The van der Waals surface area contributed by atoms with Crippen molar-refractivity contribution in [1.29, 1.82) is 0 Å². The van der Waals surface area contributed by atoms with Crippen molar-refractivity contribution in [2.75, 3.05) is 0 Å². The van der Waals surface area contributed by atoms with Crippen LogP contribution in [0.2, 0.25) is 0 Å². The molecule has 1 aliphatic heterocycles. The SMILES string of the molecule is c1ccc(-c2nc(-c3ccccc3)nc(-c3nc4cccc5c4n3-c3ccccc3O5)n2)cc1. The fourth-order valence-electron chi connectivity index (χ4n) is 4.32. The number of para-hydroxylation sites is 3. The molecule has 1 aliphatic rings. The third-order valence-corrected chi connectivity index (χ3v) is 5.86. The highest BCUT2D eigenvalue weighted by Gasteiger charge is 2.26. The number of hydrogen-bond donors (Lipinski definition) is 0. The molecule has 34 heavy (non-hydrogen) atoms. The van der Waals surface area contributed by atoms with Crippen LogP contribution in [0.5, 0.6) is 11.5 Å². The first kappa shape index (κ1) is 18.7. The van der Waals surface area contributed by atoms with Crippen molar-refractivity contribution in [3.63, 3.8) is 0 Å². The molecule has 0 radical (unpaired) electrons. The largest absolute Gasteiger partial charge is 0.453 e. The van der Waals surface area contributed by atoms with E-state index >= 15 is 0 Å². The van der Waals surface area contributed by atoms with Gasteiger partial charge in [0.15, 0.2) is 34.8 Å². The van der Waals surface area contributed by atoms with E-state index in [-0.39, 0.29) is 0 Å². The summed E-state index contributed by atoms with van der Waals surface area (Å²) < 4.78 is 8.26. The van der Waals surface area contributed by atoms with Crippen LogP contribution >= 0.6 is 0 Å². The van der Waals surface area contributed by atoms with E-state index in [2.05, 4.69) is 4.57 Å². The fourth-order valence-corrected chi connectivity index (χ4v) is 4.32. The molecule has 0 fully saturated rings. The molecule has 6 aromatic rings. The molecule has 2 aromatic heterocycles. The van der Waals surface area contributed by atoms with Gasteiger partial charge in [-0.1, -0.05) is 78.9 Å². The number of ether oxygens (including phenoxy) is 1. The summed E-state index contributed by atoms with van der Waals surface area (Å²) >= 11 is 0. The molecule has 0 aliphatic carbocycles. The van der Waals surface area contributed by atoms with Gasteiger partial charge in [0.05, 0.1) is 11.2 Å². The molecule has 0 atom stereocenters. The number of benzene rings is 4. The predicted molar refractivity (Wildman–Crippen MR) is 131 cm³/mol. The molecule has 3 heterocycles. The third kappa shape index (κ3) is 2.89. The Labute approximate surface area is 195 Å². The summed E-state index contributed by atoms with van der Waals surface area (Å²) in [7, 11) is 0. The van der Waals surface area contributed by atoms with Gasteiger partial charge in [-0.3, -0.25) is 4.57 Å². The second-order valence-corrected chi connectivity index (χ2v) is 8.00. The van der Waals surface area contributed by atoms with Crippen LogP contribution in [0.3, 0.4) is 0 Å². The van der Waals surface area contributed by atoms with Crippen LogP contribution < -0.4 is 4.74 Å². The van der Waals surface area contributed by atoms with Gasteiger partial charge >= 0.3 is 0 Å². The lowest BCUT2D eigenvalue weighted by molar-refractivity contribution is 0.476. The van der Waals surface area contributed by atoms with Crippen LogP contribution in [0.1, 0.15) is 0 Å². The zero-order chi connectivity index (χ0) is 22.5. The molecular formula is C28H17N5O. The zero-order valence-corrected chi connectivity index (χ0v) is 18.0. The minimum absolute atomic E-state index is 0.506. The average Bonchev–Trinajstić information content (AvgIpc) is 3.31. The molecule has 0 bridgehead atoms. The summed E-state index contributed by atoms with van der Waals surface area (Å²) in [5.41, 5.74) is 4.47. The monoisotopic (exact) mass is 439 g/mol. The van der Waals surface area contributed by atoms with Gasteiger partial charge in [0, 0.05) is 11.1 Å². The van der Waals surface area contributed by atoms with E-state index in [1.165, 1.54) is 0 Å². The Hall–Kier alpha value is -4.84. The zero-order valence-electron chi connectivity index (χ0n) is 18.0. The van der Waals surface area contributed by atoms with Crippen molar-refractivity contribution >= 4 is 11.0 Å². The van der Waals surface area contributed by atoms with Crippen LogP contribution in [-0.4, -0.2) is 24.5 Å². The molecule has 7 rings (SSSR count). The Bertz CT molecular complexity index is 1620. The van der Waals surface area contributed by atoms with E-state index in [0.29, 0.717) is 23.3 Å². The van der Waals surface area contributed by atoms with Crippen molar-refractivity contribution in [2.24, 2.45) is 0 Å². The Morgan fingerprint density at radius 3 is 1.79 bits per heavy atom. The highest BCUT2D eigenvalue weighted by atomic mass is 16.5. The number of rotatable bonds is 3. The van der Waals surface area contributed by atoms with Gasteiger partial charge in [-0.05, 0) is 24.3 Å². The minimum atomic E-state index is 0.506. The quantitative estimate of drug-likeness (QED) is 0.322. The van der Waals surface area contributed by atoms with E-state index in [4.69, 9.17) is 24.7 Å². The van der Waals surface area contributed by atoms with E-state index in [1.54, 1.807) is 0 Å². The molecule has 0 saturated heterocycles. The van der Waals surface area contributed by atoms with Gasteiger partial charge in [-0.25, -0.2) is 19.9 Å². The van der Waals surface area contributed by atoms with Crippen molar-refractivity contribution < 1.29 is 4.74 Å². The van der Waals surface area contributed by atoms with E-state index in [9.17, 15) is 0 Å². The summed E-state index contributed by atoms with van der Waals surface area (Å²) in [6, 6.07) is 33.7. The van der Waals surface area contributed by atoms with Gasteiger partial charge in [0.1, 0.15) is 5.52 Å². The minimum Gasteiger partial charge on any atom is -0.453 e. The molecule has 0 N–H and O–H groups in total. The van der Waals surface area contributed by atoms with Gasteiger partial charge in [0.25, 0.3) is 0 Å². The molecule has 0 saturated carbocycles. The smallest absolute Gasteiger partial charge is 0.200 e. The third-order valence-electron chi connectivity index (χ3n) is 5.86. The Kier molecular flexibility index (Phi) is 4.04. The Morgan fingerprint density at radius 1 is 0.500 bits per heavy atom. The van der Waals surface area contributed by atoms with Crippen LogP contribution in [0.4, 0.5) is 0 Å². The normalized spacial score (nSPS) is 11.8. The van der Waals surface area contributed by atoms with Crippen molar-refractivity contribution in [2.45, 2.75) is 0 Å². The molecular weight excluding hydrogens is 422 g/mol. The summed E-state index contributed by atoms with van der Waals surface area (Å²) in [4.78, 5) is 19.5. The van der Waals surface area contributed by atoms with Crippen molar-refractivity contribution in [3.05, 3.63) is 103 Å². The topological polar surface area (TPSA) is 65.7 Å². The van der Waals surface area contributed by atoms with Gasteiger partial charge in [0.2, 0.25) is 0 Å². The second-order valence-electron chi connectivity index (χ2n) is 8.00. The molecule has 4 aromatic carbocycles. The summed E-state index contributed by atoms with van der Waals surface area (Å²) in [6.07, 6.45) is 0.